The molecular weight excluding hydrogens is 228 g/mol. The summed E-state index contributed by atoms with van der Waals surface area (Å²) in [5.74, 6) is -0.341. The highest BCUT2D eigenvalue weighted by Crippen LogP contribution is 2.25. The fourth-order valence-electron chi connectivity index (χ4n) is 1.08. The van der Waals surface area contributed by atoms with E-state index in [1.54, 1.807) is 24.3 Å². The predicted octanol–water partition coefficient (Wildman–Crippen LogP) is 1.41. The Bertz CT molecular complexity index is 376. The van der Waals surface area contributed by atoms with Crippen molar-refractivity contribution in [1.29, 1.82) is 0 Å². The van der Waals surface area contributed by atoms with Gasteiger partial charge in [-0.1, -0.05) is 6.07 Å². The van der Waals surface area contributed by atoms with Crippen molar-refractivity contribution in [2.45, 2.75) is 17.4 Å². The zero-order valence-electron chi connectivity index (χ0n) is 9.14. The van der Waals surface area contributed by atoms with Crippen molar-refractivity contribution in [3.8, 4) is 5.75 Å². The van der Waals surface area contributed by atoms with Gasteiger partial charge in [0, 0.05) is 10.6 Å². The van der Waals surface area contributed by atoms with Gasteiger partial charge in [-0.2, -0.15) is 0 Å². The molecule has 1 atom stereocenters. The monoisotopic (exact) mass is 242 g/mol. The summed E-state index contributed by atoms with van der Waals surface area (Å²) in [7, 11) is 1.23. The molecule has 0 radical (unpaired) electrons. The first-order chi connectivity index (χ1) is 7.45. The molecule has 0 bridgehead atoms. The summed E-state index contributed by atoms with van der Waals surface area (Å²) in [5.41, 5.74) is -1.52. The van der Waals surface area contributed by atoms with E-state index in [4.69, 9.17) is 0 Å². The Hall–Kier alpha value is -1.20. The average molecular weight is 242 g/mol. The number of aromatic hydroxyl groups is 1. The van der Waals surface area contributed by atoms with E-state index in [0.717, 1.165) is 4.90 Å². The molecule has 0 aliphatic rings. The highest BCUT2D eigenvalue weighted by atomic mass is 32.2. The SMILES string of the molecule is COC(=O)C(C)(O)CSc1cccc(O)c1. The van der Waals surface area contributed by atoms with Crippen LogP contribution in [-0.4, -0.2) is 34.6 Å². The second-order valence-electron chi connectivity index (χ2n) is 3.55. The fraction of sp³-hybridized carbons (Fsp3) is 0.364. The lowest BCUT2D eigenvalue weighted by molar-refractivity contribution is -0.158. The van der Waals surface area contributed by atoms with Gasteiger partial charge in [-0.05, 0) is 25.1 Å². The van der Waals surface area contributed by atoms with Crippen LogP contribution in [0.1, 0.15) is 6.92 Å². The first-order valence-corrected chi connectivity index (χ1v) is 5.67. The average Bonchev–Trinajstić information content (AvgIpc) is 2.25. The van der Waals surface area contributed by atoms with Crippen LogP contribution in [0.25, 0.3) is 0 Å². The highest BCUT2D eigenvalue weighted by molar-refractivity contribution is 7.99. The normalized spacial score (nSPS) is 14.2. The van der Waals surface area contributed by atoms with Crippen molar-refractivity contribution in [3.63, 3.8) is 0 Å². The number of benzene rings is 1. The molecular formula is C11H14O4S. The van der Waals surface area contributed by atoms with Crippen LogP contribution < -0.4 is 0 Å². The van der Waals surface area contributed by atoms with Gasteiger partial charge in [0.2, 0.25) is 0 Å². The maximum Gasteiger partial charge on any atom is 0.338 e. The van der Waals surface area contributed by atoms with Gasteiger partial charge in [-0.25, -0.2) is 4.79 Å². The van der Waals surface area contributed by atoms with Gasteiger partial charge < -0.3 is 14.9 Å². The van der Waals surface area contributed by atoms with Gasteiger partial charge in [0.25, 0.3) is 0 Å². The summed E-state index contributed by atoms with van der Waals surface area (Å²) < 4.78 is 4.48. The van der Waals surface area contributed by atoms with E-state index in [1.165, 1.54) is 25.8 Å². The number of thioether (sulfide) groups is 1. The molecule has 88 valence electrons. The van der Waals surface area contributed by atoms with E-state index in [9.17, 15) is 15.0 Å². The molecule has 0 aliphatic heterocycles. The molecule has 0 aliphatic carbocycles. The molecule has 1 unspecified atom stereocenters. The number of phenols is 1. The summed E-state index contributed by atoms with van der Waals surface area (Å²) >= 11 is 1.27. The van der Waals surface area contributed by atoms with E-state index in [0.29, 0.717) is 0 Å². The molecule has 0 saturated heterocycles. The quantitative estimate of drug-likeness (QED) is 0.617. The lowest BCUT2D eigenvalue weighted by Gasteiger charge is -2.19. The molecule has 0 saturated carbocycles. The van der Waals surface area contributed by atoms with Crippen LogP contribution in [0.4, 0.5) is 0 Å². The lowest BCUT2D eigenvalue weighted by Crippen LogP contribution is -2.38. The fourth-order valence-corrected chi connectivity index (χ4v) is 2.02. The van der Waals surface area contributed by atoms with Crippen LogP contribution in [0, 0.1) is 0 Å². The van der Waals surface area contributed by atoms with E-state index in [2.05, 4.69) is 4.74 Å². The maximum atomic E-state index is 11.2. The Kier molecular flexibility index (Phi) is 4.20. The molecule has 0 fully saturated rings. The molecule has 4 nitrogen and oxygen atoms in total. The maximum absolute atomic E-state index is 11.2. The van der Waals surface area contributed by atoms with Crippen molar-refractivity contribution in [2.24, 2.45) is 0 Å². The van der Waals surface area contributed by atoms with Gasteiger partial charge in [0.15, 0.2) is 5.60 Å². The van der Waals surface area contributed by atoms with Gasteiger partial charge in [0.05, 0.1) is 7.11 Å². The van der Waals surface area contributed by atoms with Crippen LogP contribution in [0.3, 0.4) is 0 Å². The van der Waals surface area contributed by atoms with Crippen molar-refractivity contribution in [2.75, 3.05) is 12.9 Å². The van der Waals surface area contributed by atoms with Crippen LogP contribution in [0.5, 0.6) is 5.75 Å². The Morgan fingerprint density at radius 3 is 2.81 bits per heavy atom. The Morgan fingerprint density at radius 1 is 1.56 bits per heavy atom. The van der Waals surface area contributed by atoms with Crippen LogP contribution in [0.15, 0.2) is 29.2 Å². The summed E-state index contributed by atoms with van der Waals surface area (Å²) in [6.07, 6.45) is 0. The van der Waals surface area contributed by atoms with Crippen molar-refractivity contribution >= 4 is 17.7 Å². The largest absolute Gasteiger partial charge is 0.508 e. The first kappa shape index (κ1) is 12.9. The zero-order chi connectivity index (χ0) is 12.2. The van der Waals surface area contributed by atoms with E-state index in [1.807, 2.05) is 0 Å². The van der Waals surface area contributed by atoms with E-state index in [-0.39, 0.29) is 11.5 Å². The van der Waals surface area contributed by atoms with Crippen LogP contribution in [0.2, 0.25) is 0 Å². The number of hydrogen-bond acceptors (Lipinski definition) is 5. The Balaban J connectivity index is 2.61. The van der Waals surface area contributed by atoms with Crippen molar-refractivity contribution in [1.82, 2.24) is 0 Å². The third-order valence-electron chi connectivity index (χ3n) is 1.96. The molecule has 1 aromatic carbocycles. The molecule has 16 heavy (non-hydrogen) atoms. The minimum atomic E-state index is -1.52. The van der Waals surface area contributed by atoms with E-state index < -0.39 is 11.6 Å². The summed E-state index contributed by atoms with van der Waals surface area (Å²) in [6.45, 7) is 1.40. The minimum absolute atomic E-state index is 0.155. The van der Waals surface area contributed by atoms with Crippen LogP contribution in [-0.2, 0) is 9.53 Å². The molecule has 0 amide bonds. The lowest BCUT2D eigenvalue weighted by atomic mass is 10.1. The van der Waals surface area contributed by atoms with Gasteiger partial charge in [-0.3, -0.25) is 0 Å². The summed E-state index contributed by atoms with van der Waals surface area (Å²) in [5, 5.41) is 19.0. The minimum Gasteiger partial charge on any atom is -0.508 e. The predicted molar refractivity (Wildman–Crippen MR) is 61.5 cm³/mol. The summed E-state index contributed by atoms with van der Waals surface area (Å²) in [6, 6.07) is 6.61. The zero-order valence-corrected chi connectivity index (χ0v) is 9.95. The Morgan fingerprint density at radius 2 is 2.25 bits per heavy atom. The van der Waals surface area contributed by atoms with Crippen molar-refractivity contribution in [3.05, 3.63) is 24.3 Å². The molecule has 0 heterocycles. The molecule has 0 aromatic heterocycles. The standard InChI is InChI=1S/C11H14O4S/c1-11(14,10(13)15-2)7-16-9-5-3-4-8(12)6-9/h3-6,12,14H,7H2,1-2H3. The summed E-state index contributed by atoms with van der Waals surface area (Å²) in [4.78, 5) is 12.0. The van der Waals surface area contributed by atoms with Gasteiger partial charge in [-0.15, -0.1) is 11.8 Å². The highest BCUT2D eigenvalue weighted by Gasteiger charge is 2.31. The molecule has 1 rings (SSSR count). The van der Waals surface area contributed by atoms with Gasteiger partial charge in [0.1, 0.15) is 5.75 Å². The molecule has 1 aromatic rings. The Labute approximate surface area is 98.2 Å². The second-order valence-corrected chi connectivity index (χ2v) is 4.60. The second kappa shape index (κ2) is 5.23. The van der Waals surface area contributed by atoms with Crippen LogP contribution >= 0.6 is 11.8 Å². The number of ether oxygens (including phenoxy) is 1. The topological polar surface area (TPSA) is 66.8 Å². The number of carbonyl (C=O) groups excluding carboxylic acids is 1. The molecule has 0 spiro atoms. The number of carbonyl (C=O) groups is 1. The number of methoxy groups -OCH3 is 1. The number of hydrogen-bond donors (Lipinski definition) is 2. The van der Waals surface area contributed by atoms with E-state index >= 15 is 0 Å². The van der Waals surface area contributed by atoms with Gasteiger partial charge >= 0.3 is 5.97 Å². The van der Waals surface area contributed by atoms with Crippen molar-refractivity contribution < 1.29 is 19.7 Å². The number of phenolic OH excluding ortho intramolecular Hbond substituents is 1. The number of aliphatic hydroxyl groups is 1. The third kappa shape index (κ3) is 3.43. The number of esters is 1. The number of rotatable bonds is 4. The third-order valence-corrected chi connectivity index (χ3v) is 3.26. The smallest absolute Gasteiger partial charge is 0.338 e. The molecule has 2 N–H and O–H groups in total. The molecule has 5 heteroatoms. The first-order valence-electron chi connectivity index (χ1n) is 4.68.